The first-order chi connectivity index (χ1) is 9.99. The molecule has 1 heterocycles. The van der Waals surface area contributed by atoms with Crippen molar-refractivity contribution in [2.45, 2.75) is 0 Å². The van der Waals surface area contributed by atoms with Crippen LogP contribution in [0, 0.1) is 0 Å². The van der Waals surface area contributed by atoms with Crippen LogP contribution in [0.5, 0.6) is 5.75 Å². The number of aromatic nitrogens is 1. The lowest BCUT2D eigenvalue weighted by Gasteiger charge is -2.11. The number of carbonyl (C=O) groups is 1. The van der Waals surface area contributed by atoms with Gasteiger partial charge in [0.15, 0.2) is 5.82 Å². The van der Waals surface area contributed by atoms with Gasteiger partial charge in [-0.25, -0.2) is 9.78 Å². The number of anilines is 2. The summed E-state index contributed by atoms with van der Waals surface area (Å²) in [5.74, 6) is 0.638. The molecule has 2 aromatic rings. The number of urea groups is 1. The van der Waals surface area contributed by atoms with Crippen LogP contribution in [-0.2, 0) is 0 Å². The topological polar surface area (TPSA) is 63.2 Å². The van der Waals surface area contributed by atoms with E-state index in [-0.39, 0.29) is 10.8 Å². The van der Waals surface area contributed by atoms with E-state index in [4.69, 9.17) is 39.5 Å². The van der Waals surface area contributed by atoms with Crippen molar-refractivity contribution >= 4 is 52.3 Å². The molecule has 5 nitrogen and oxygen atoms in total. The number of pyridine rings is 1. The molecule has 1 aromatic carbocycles. The Morgan fingerprint density at radius 2 is 1.90 bits per heavy atom. The van der Waals surface area contributed by atoms with Crippen molar-refractivity contribution in [3.63, 3.8) is 0 Å². The van der Waals surface area contributed by atoms with Gasteiger partial charge in [0.1, 0.15) is 5.75 Å². The minimum atomic E-state index is -0.521. The van der Waals surface area contributed by atoms with E-state index in [0.717, 1.165) is 0 Å². The van der Waals surface area contributed by atoms with Gasteiger partial charge in [0.05, 0.1) is 22.8 Å². The fourth-order valence-corrected chi connectivity index (χ4v) is 2.13. The maximum Gasteiger partial charge on any atom is 0.324 e. The van der Waals surface area contributed by atoms with E-state index in [9.17, 15) is 4.79 Å². The summed E-state index contributed by atoms with van der Waals surface area (Å²) in [5.41, 5.74) is 0.462. The zero-order valence-electron chi connectivity index (χ0n) is 10.8. The maximum atomic E-state index is 11.9. The molecule has 1 aromatic heterocycles. The number of hydrogen-bond donors (Lipinski definition) is 2. The minimum absolute atomic E-state index is 0.200. The summed E-state index contributed by atoms with van der Waals surface area (Å²) in [4.78, 5) is 15.9. The van der Waals surface area contributed by atoms with Crippen LogP contribution in [-0.4, -0.2) is 18.1 Å². The van der Waals surface area contributed by atoms with Crippen molar-refractivity contribution < 1.29 is 9.53 Å². The first-order valence-electron chi connectivity index (χ1n) is 5.72. The fourth-order valence-electron chi connectivity index (χ4n) is 1.54. The van der Waals surface area contributed by atoms with Gasteiger partial charge in [-0.05, 0) is 18.2 Å². The summed E-state index contributed by atoms with van der Waals surface area (Å²) in [7, 11) is 1.48. The van der Waals surface area contributed by atoms with Crippen LogP contribution >= 0.6 is 34.8 Å². The number of halogens is 3. The zero-order valence-corrected chi connectivity index (χ0v) is 13.1. The smallest absolute Gasteiger partial charge is 0.324 e. The van der Waals surface area contributed by atoms with Crippen molar-refractivity contribution in [2.24, 2.45) is 0 Å². The average molecular weight is 347 g/mol. The van der Waals surface area contributed by atoms with Gasteiger partial charge in [-0.2, -0.15) is 0 Å². The third-order valence-corrected chi connectivity index (χ3v) is 3.18. The molecule has 0 bridgehead atoms. The van der Waals surface area contributed by atoms with E-state index in [0.29, 0.717) is 21.5 Å². The Morgan fingerprint density at radius 1 is 1.14 bits per heavy atom. The first-order valence-corrected chi connectivity index (χ1v) is 6.85. The molecule has 2 N–H and O–H groups in total. The monoisotopic (exact) mass is 345 g/mol. The highest BCUT2D eigenvalue weighted by atomic mass is 35.5. The van der Waals surface area contributed by atoms with Crippen molar-refractivity contribution in [3.05, 3.63) is 45.5 Å². The lowest BCUT2D eigenvalue weighted by atomic mass is 10.3. The maximum absolute atomic E-state index is 11.9. The van der Waals surface area contributed by atoms with Crippen molar-refractivity contribution in [1.29, 1.82) is 0 Å². The number of hydrogen-bond acceptors (Lipinski definition) is 3. The summed E-state index contributed by atoms with van der Waals surface area (Å²) in [6.07, 6.45) is 1.38. The summed E-state index contributed by atoms with van der Waals surface area (Å²) in [6, 6.07) is 5.80. The summed E-state index contributed by atoms with van der Waals surface area (Å²) >= 11 is 17.5. The highest BCUT2D eigenvalue weighted by Gasteiger charge is 2.11. The molecule has 21 heavy (non-hydrogen) atoms. The largest absolute Gasteiger partial charge is 0.495 e. The van der Waals surface area contributed by atoms with Crippen LogP contribution in [0.1, 0.15) is 0 Å². The van der Waals surface area contributed by atoms with Gasteiger partial charge in [-0.3, -0.25) is 5.32 Å². The SMILES string of the molecule is COc1cc(Cl)ccc1NC(=O)Nc1ncc(Cl)cc1Cl. The molecular formula is C13H10Cl3N3O2. The third-order valence-electron chi connectivity index (χ3n) is 2.45. The van der Waals surface area contributed by atoms with Crippen LogP contribution < -0.4 is 15.4 Å². The normalized spacial score (nSPS) is 10.1. The molecular weight excluding hydrogens is 337 g/mol. The molecule has 110 valence electrons. The fraction of sp³-hybridized carbons (Fsp3) is 0.0769. The summed E-state index contributed by atoms with van der Waals surface area (Å²) < 4.78 is 5.13. The number of benzene rings is 1. The van der Waals surface area contributed by atoms with Crippen LogP contribution in [0.25, 0.3) is 0 Å². The Kier molecular flexibility index (Phi) is 5.12. The Morgan fingerprint density at radius 3 is 2.57 bits per heavy atom. The van der Waals surface area contributed by atoms with Crippen molar-refractivity contribution in [2.75, 3.05) is 17.7 Å². The predicted molar refractivity (Wildman–Crippen MR) is 84.9 cm³/mol. The minimum Gasteiger partial charge on any atom is -0.495 e. The van der Waals surface area contributed by atoms with E-state index < -0.39 is 6.03 Å². The molecule has 0 aliphatic rings. The van der Waals surface area contributed by atoms with E-state index in [1.54, 1.807) is 18.2 Å². The second-order valence-corrected chi connectivity index (χ2v) is 5.19. The van der Waals surface area contributed by atoms with Crippen LogP contribution in [0.15, 0.2) is 30.5 Å². The van der Waals surface area contributed by atoms with E-state index in [1.165, 1.54) is 19.4 Å². The summed E-state index contributed by atoms with van der Waals surface area (Å²) in [5, 5.41) is 6.24. The van der Waals surface area contributed by atoms with Gasteiger partial charge in [0, 0.05) is 17.3 Å². The van der Waals surface area contributed by atoms with Gasteiger partial charge >= 0.3 is 6.03 Å². The van der Waals surface area contributed by atoms with E-state index in [1.807, 2.05) is 0 Å². The Labute approximate surface area is 136 Å². The van der Waals surface area contributed by atoms with E-state index in [2.05, 4.69) is 15.6 Å². The van der Waals surface area contributed by atoms with Crippen LogP contribution in [0.3, 0.4) is 0 Å². The molecule has 0 saturated heterocycles. The highest BCUT2D eigenvalue weighted by Crippen LogP contribution is 2.28. The van der Waals surface area contributed by atoms with Gasteiger partial charge in [-0.1, -0.05) is 34.8 Å². The lowest BCUT2D eigenvalue weighted by Crippen LogP contribution is -2.20. The zero-order chi connectivity index (χ0) is 15.4. The third kappa shape index (κ3) is 4.14. The van der Waals surface area contributed by atoms with Gasteiger partial charge in [0.25, 0.3) is 0 Å². The average Bonchev–Trinajstić information content (AvgIpc) is 2.44. The van der Waals surface area contributed by atoms with Gasteiger partial charge in [0.2, 0.25) is 0 Å². The predicted octanol–water partition coefficient (Wildman–Crippen LogP) is 4.69. The molecule has 0 atom stereocenters. The van der Waals surface area contributed by atoms with Crippen molar-refractivity contribution in [3.8, 4) is 5.75 Å². The molecule has 0 radical (unpaired) electrons. The second-order valence-electron chi connectivity index (χ2n) is 3.91. The molecule has 2 amide bonds. The molecule has 0 unspecified atom stereocenters. The molecule has 2 rings (SSSR count). The highest BCUT2D eigenvalue weighted by molar-refractivity contribution is 6.36. The molecule has 8 heteroatoms. The number of rotatable bonds is 3. The number of nitrogens with one attached hydrogen (secondary N) is 2. The molecule has 0 aliphatic carbocycles. The first kappa shape index (κ1) is 15.7. The van der Waals surface area contributed by atoms with Crippen LogP contribution in [0.4, 0.5) is 16.3 Å². The molecule has 0 fully saturated rings. The Hall–Kier alpha value is -1.69. The standard InChI is InChI=1S/C13H10Cl3N3O2/c1-21-11-5-7(14)2-3-10(11)18-13(20)19-12-9(16)4-8(15)6-17-12/h2-6H,1H3,(H2,17,18,19,20). The Balaban J connectivity index is 2.11. The van der Waals surface area contributed by atoms with Crippen molar-refractivity contribution in [1.82, 2.24) is 4.98 Å². The number of nitrogens with zero attached hydrogens (tertiary/aromatic N) is 1. The number of methoxy groups -OCH3 is 1. The quantitative estimate of drug-likeness (QED) is 0.847. The van der Waals surface area contributed by atoms with Gasteiger partial charge in [-0.15, -0.1) is 0 Å². The molecule has 0 spiro atoms. The van der Waals surface area contributed by atoms with Gasteiger partial charge < -0.3 is 10.1 Å². The molecule has 0 aliphatic heterocycles. The Bertz CT molecular complexity index is 680. The lowest BCUT2D eigenvalue weighted by molar-refractivity contribution is 0.262. The number of ether oxygens (including phenoxy) is 1. The second kappa shape index (κ2) is 6.85. The number of carbonyl (C=O) groups excluding carboxylic acids is 1. The van der Waals surface area contributed by atoms with Crippen LogP contribution in [0.2, 0.25) is 15.1 Å². The molecule has 0 saturated carbocycles. The number of amides is 2. The van der Waals surface area contributed by atoms with E-state index >= 15 is 0 Å². The summed E-state index contributed by atoms with van der Waals surface area (Å²) in [6.45, 7) is 0.